The van der Waals surface area contributed by atoms with Crippen LogP contribution in [-0.2, 0) is 17.9 Å². The Hall–Kier alpha value is -4.44. The van der Waals surface area contributed by atoms with Gasteiger partial charge in [-0.1, -0.05) is 6.07 Å². The largest absolute Gasteiger partial charge is 0.375 e. The number of fused-ring (bicyclic) bond motifs is 1. The van der Waals surface area contributed by atoms with Crippen molar-refractivity contribution in [3.05, 3.63) is 90.4 Å². The number of nitrogens with zero attached hydrogens (tertiary/aromatic N) is 6. The summed E-state index contributed by atoms with van der Waals surface area (Å²) >= 11 is 0. The van der Waals surface area contributed by atoms with Crippen LogP contribution in [0, 0.1) is 5.82 Å². The van der Waals surface area contributed by atoms with Gasteiger partial charge in [-0.2, -0.15) is 0 Å². The van der Waals surface area contributed by atoms with E-state index in [0.29, 0.717) is 42.5 Å². The van der Waals surface area contributed by atoms with Gasteiger partial charge in [-0.3, -0.25) is 9.78 Å². The summed E-state index contributed by atoms with van der Waals surface area (Å²) in [4.78, 5) is 21.5. The number of carbonyl (C=O) groups is 1. The average Bonchev–Trinajstić information content (AvgIpc) is 3.54. The van der Waals surface area contributed by atoms with E-state index >= 15 is 0 Å². The van der Waals surface area contributed by atoms with Crippen molar-refractivity contribution in [1.82, 2.24) is 29.3 Å². The van der Waals surface area contributed by atoms with Gasteiger partial charge in [0.25, 0.3) is 5.91 Å². The molecule has 9 nitrogen and oxygen atoms in total. The molecule has 188 valence electrons. The second kappa shape index (κ2) is 10.7. The molecule has 0 radical (unpaired) electrons. The van der Waals surface area contributed by atoms with E-state index < -0.39 is 11.7 Å². The third kappa shape index (κ3) is 5.39. The smallest absolute Gasteiger partial charge is 0.259 e. The second-order valence-electron chi connectivity index (χ2n) is 8.83. The number of nitrogens with one attached hydrogen (secondary N) is 1. The minimum absolute atomic E-state index is 0.0669. The third-order valence-electron chi connectivity index (χ3n) is 5.95. The van der Waals surface area contributed by atoms with Crippen LogP contribution in [-0.4, -0.2) is 41.8 Å². The molecule has 1 amide bonds. The summed E-state index contributed by atoms with van der Waals surface area (Å²) in [5, 5.41) is 11.5. The zero-order valence-electron chi connectivity index (χ0n) is 20.5. The predicted octanol–water partition coefficient (Wildman–Crippen LogP) is 4.88. The first-order valence-electron chi connectivity index (χ1n) is 11.9. The van der Waals surface area contributed by atoms with Crippen LogP contribution >= 0.6 is 0 Å². The Labute approximate surface area is 213 Å². The molecule has 0 fully saturated rings. The summed E-state index contributed by atoms with van der Waals surface area (Å²) < 4.78 is 24.5. The molecule has 37 heavy (non-hydrogen) atoms. The molecule has 5 rings (SSSR count). The van der Waals surface area contributed by atoms with Crippen molar-refractivity contribution in [2.24, 2.45) is 0 Å². The van der Waals surface area contributed by atoms with E-state index in [4.69, 9.17) is 4.74 Å². The van der Waals surface area contributed by atoms with Gasteiger partial charge in [0, 0.05) is 42.1 Å². The van der Waals surface area contributed by atoms with Crippen LogP contribution in [0.2, 0.25) is 0 Å². The second-order valence-corrected chi connectivity index (χ2v) is 8.83. The molecule has 5 aromatic rings. The summed E-state index contributed by atoms with van der Waals surface area (Å²) in [6, 6.07) is 13.9. The van der Waals surface area contributed by atoms with Crippen molar-refractivity contribution in [3.63, 3.8) is 0 Å². The molecule has 0 spiro atoms. The number of aromatic nitrogens is 6. The lowest BCUT2D eigenvalue weighted by molar-refractivity contribution is 0.102. The van der Waals surface area contributed by atoms with E-state index in [2.05, 4.69) is 25.5 Å². The number of ether oxygens (including phenoxy) is 1. The standard InChI is InChI=1S/C27H26FN7O2/c1-18(2)35-17-30-33-26(35)23-4-3-5-25(31-23)32-27(36)21-15-24-20(14-22(21)28)8-11-34(24)12-13-37-16-19-6-9-29-10-7-19/h3-11,14-15,17-18H,12-13,16H2,1-2H3,(H,31,32,36). The molecule has 0 unspecified atom stereocenters. The summed E-state index contributed by atoms with van der Waals surface area (Å²) in [6.45, 7) is 5.52. The zero-order valence-corrected chi connectivity index (χ0v) is 20.5. The van der Waals surface area contributed by atoms with Crippen LogP contribution in [0.3, 0.4) is 0 Å². The highest BCUT2D eigenvalue weighted by Crippen LogP contribution is 2.23. The van der Waals surface area contributed by atoms with Gasteiger partial charge in [-0.25, -0.2) is 9.37 Å². The maximum Gasteiger partial charge on any atom is 0.259 e. The monoisotopic (exact) mass is 499 g/mol. The van der Waals surface area contributed by atoms with Crippen LogP contribution < -0.4 is 5.32 Å². The summed E-state index contributed by atoms with van der Waals surface area (Å²) in [6.07, 6.45) is 6.94. The van der Waals surface area contributed by atoms with Gasteiger partial charge < -0.3 is 19.2 Å². The molecule has 0 aliphatic rings. The van der Waals surface area contributed by atoms with Gasteiger partial charge in [0.1, 0.15) is 23.7 Å². The lowest BCUT2D eigenvalue weighted by Crippen LogP contribution is -2.15. The highest BCUT2D eigenvalue weighted by atomic mass is 19.1. The Balaban J connectivity index is 1.31. The minimum Gasteiger partial charge on any atom is -0.375 e. The number of halogens is 1. The van der Waals surface area contributed by atoms with Gasteiger partial charge in [0.2, 0.25) is 0 Å². The van der Waals surface area contributed by atoms with E-state index in [1.165, 1.54) is 6.07 Å². The first-order chi connectivity index (χ1) is 18.0. The van der Waals surface area contributed by atoms with Crippen molar-refractivity contribution in [3.8, 4) is 11.5 Å². The van der Waals surface area contributed by atoms with Crippen molar-refractivity contribution >= 4 is 22.6 Å². The maximum absolute atomic E-state index is 14.9. The molecule has 0 saturated heterocycles. The van der Waals surface area contributed by atoms with Crippen LogP contribution in [0.25, 0.3) is 22.4 Å². The maximum atomic E-state index is 14.9. The number of benzene rings is 1. The van der Waals surface area contributed by atoms with Crippen molar-refractivity contribution < 1.29 is 13.9 Å². The van der Waals surface area contributed by atoms with Gasteiger partial charge >= 0.3 is 0 Å². The molecular formula is C27H26FN7O2. The minimum atomic E-state index is -0.604. The van der Waals surface area contributed by atoms with E-state index in [0.717, 1.165) is 11.1 Å². The molecule has 10 heteroatoms. The molecule has 4 heterocycles. The number of hydrogen-bond donors (Lipinski definition) is 1. The summed E-state index contributed by atoms with van der Waals surface area (Å²) in [5.41, 5.74) is 2.27. The fraction of sp³-hybridized carbons (Fsp3) is 0.222. The fourth-order valence-electron chi connectivity index (χ4n) is 4.03. The van der Waals surface area contributed by atoms with Gasteiger partial charge in [0.15, 0.2) is 5.82 Å². The molecule has 0 aliphatic carbocycles. The normalized spacial score (nSPS) is 11.4. The van der Waals surface area contributed by atoms with Gasteiger partial charge in [0.05, 0.1) is 18.8 Å². The van der Waals surface area contributed by atoms with Crippen molar-refractivity contribution in [2.45, 2.75) is 33.0 Å². The average molecular weight is 500 g/mol. The van der Waals surface area contributed by atoms with Crippen LogP contribution in [0.15, 0.2) is 73.4 Å². The van der Waals surface area contributed by atoms with Crippen LogP contribution in [0.1, 0.15) is 35.8 Å². The Morgan fingerprint density at radius 3 is 2.78 bits per heavy atom. The molecule has 0 atom stereocenters. The zero-order chi connectivity index (χ0) is 25.8. The van der Waals surface area contributed by atoms with Crippen molar-refractivity contribution in [1.29, 1.82) is 0 Å². The van der Waals surface area contributed by atoms with E-state index in [-0.39, 0.29) is 11.6 Å². The highest BCUT2D eigenvalue weighted by molar-refractivity contribution is 6.06. The molecule has 1 aromatic carbocycles. The molecular weight excluding hydrogens is 473 g/mol. The molecule has 0 aliphatic heterocycles. The van der Waals surface area contributed by atoms with Gasteiger partial charge in [-0.05, 0) is 61.9 Å². The quantitative estimate of drug-likeness (QED) is 0.290. The number of hydrogen-bond acceptors (Lipinski definition) is 6. The van der Waals surface area contributed by atoms with Crippen LogP contribution in [0.5, 0.6) is 0 Å². The lowest BCUT2D eigenvalue weighted by atomic mass is 10.1. The van der Waals surface area contributed by atoms with Crippen LogP contribution in [0.4, 0.5) is 10.2 Å². The van der Waals surface area contributed by atoms with Crippen molar-refractivity contribution in [2.75, 3.05) is 11.9 Å². The SMILES string of the molecule is CC(C)n1cnnc1-c1cccc(NC(=O)c2cc3c(ccn3CCOCc3ccncc3)cc2F)n1. The predicted molar refractivity (Wildman–Crippen MR) is 137 cm³/mol. The first-order valence-corrected chi connectivity index (χ1v) is 11.9. The van der Waals surface area contributed by atoms with Gasteiger partial charge in [-0.15, -0.1) is 10.2 Å². The first kappa shape index (κ1) is 24.3. The van der Waals surface area contributed by atoms with E-state index in [1.807, 2.05) is 47.4 Å². The summed E-state index contributed by atoms with van der Waals surface area (Å²) in [7, 11) is 0. The number of amides is 1. The molecule has 0 bridgehead atoms. The lowest BCUT2D eigenvalue weighted by Gasteiger charge is -2.11. The Morgan fingerprint density at radius 1 is 1.14 bits per heavy atom. The molecule has 0 saturated carbocycles. The topological polar surface area (TPSA) is 99.8 Å². The Bertz CT molecular complexity index is 1530. The fourth-order valence-corrected chi connectivity index (χ4v) is 4.03. The number of carbonyl (C=O) groups excluding carboxylic acids is 1. The third-order valence-corrected chi connectivity index (χ3v) is 5.95. The molecule has 1 N–H and O–H groups in total. The Kier molecular flexibility index (Phi) is 7.00. The van der Waals surface area contributed by atoms with E-state index in [9.17, 15) is 9.18 Å². The number of pyridine rings is 2. The Morgan fingerprint density at radius 2 is 1.97 bits per heavy atom. The van der Waals surface area contributed by atoms with E-state index in [1.54, 1.807) is 43.0 Å². The highest BCUT2D eigenvalue weighted by Gasteiger charge is 2.17. The molecule has 4 aromatic heterocycles. The summed E-state index contributed by atoms with van der Waals surface area (Å²) in [5.74, 6) is -0.314. The number of rotatable bonds is 9. The number of anilines is 1.